The zero-order valence-electron chi connectivity index (χ0n) is 12.8. The van der Waals surface area contributed by atoms with Gasteiger partial charge in [0.1, 0.15) is 11.3 Å². The molecule has 0 aliphatic carbocycles. The summed E-state index contributed by atoms with van der Waals surface area (Å²) in [5, 5.41) is 0.404. The van der Waals surface area contributed by atoms with Crippen LogP contribution in [-0.2, 0) is 10.0 Å². The third-order valence-electron chi connectivity index (χ3n) is 3.24. The summed E-state index contributed by atoms with van der Waals surface area (Å²) in [5.74, 6) is -0.471. The highest BCUT2D eigenvalue weighted by Gasteiger charge is 2.31. The number of ether oxygens (including phenoxy) is 1. The highest BCUT2D eigenvalue weighted by Crippen LogP contribution is 2.25. The van der Waals surface area contributed by atoms with Crippen molar-refractivity contribution in [2.24, 2.45) is 0 Å². The molecule has 136 valence electrons. The van der Waals surface area contributed by atoms with E-state index in [4.69, 9.17) is 4.42 Å². The maximum absolute atomic E-state index is 12.4. The Morgan fingerprint density at radius 1 is 0.962 bits per heavy atom. The van der Waals surface area contributed by atoms with Gasteiger partial charge in [-0.05, 0) is 48.5 Å². The van der Waals surface area contributed by atoms with Gasteiger partial charge in [0.2, 0.25) is 0 Å². The van der Waals surface area contributed by atoms with Gasteiger partial charge in [-0.15, -0.1) is 13.2 Å². The summed E-state index contributed by atoms with van der Waals surface area (Å²) >= 11 is 0. The maximum Gasteiger partial charge on any atom is 0.573 e. The molecule has 0 fully saturated rings. The van der Waals surface area contributed by atoms with Crippen LogP contribution in [0.3, 0.4) is 0 Å². The Hall–Kier alpha value is -3.01. The topological polar surface area (TPSA) is 85.6 Å². The Morgan fingerprint density at radius 3 is 2.31 bits per heavy atom. The van der Waals surface area contributed by atoms with E-state index >= 15 is 0 Å². The molecular formula is C16H10F3NO5S. The van der Waals surface area contributed by atoms with E-state index in [9.17, 15) is 26.4 Å². The van der Waals surface area contributed by atoms with Gasteiger partial charge in [0.25, 0.3) is 10.0 Å². The third kappa shape index (κ3) is 4.14. The normalized spacial score (nSPS) is 12.1. The van der Waals surface area contributed by atoms with Crippen LogP contribution in [0.1, 0.15) is 0 Å². The molecule has 0 atom stereocenters. The predicted octanol–water partition coefficient (Wildman–Crippen LogP) is 3.49. The summed E-state index contributed by atoms with van der Waals surface area (Å²) in [5.41, 5.74) is -0.281. The van der Waals surface area contributed by atoms with Crippen LogP contribution in [-0.4, -0.2) is 14.8 Å². The molecule has 6 nitrogen and oxygen atoms in total. The molecule has 3 rings (SSSR count). The van der Waals surface area contributed by atoms with Crippen LogP contribution in [0.15, 0.2) is 68.7 Å². The van der Waals surface area contributed by atoms with E-state index < -0.39 is 27.8 Å². The first-order valence-corrected chi connectivity index (χ1v) is 8.53. The van der Waals surface area contributed by atoms with Crippen LogP contribution in [0.4, 0.5) is 18.9 Å². The summed E-state index contributed by atoms with van der Waals surface area (Å²) < 4.78 is 72.1. The van der Waals surface area contributed by atoms with Crippen LogP contribution in [0, 0.1) is 0 Å². The summed E-state index contributed by atoms with van der Waals surface area (Å²) in [6.07, 6.45) is -4.83. The standard InChI is InChI=1S/C16H10F3NO5S/c17-16(18,19)25-12-4-2-11(3-5-12)20-26(22,23)13-6-7-14-10(9-13)1-8-15(21)24-14/h1-9,20H. The summed E-state index contributed by atoms with van der Waals surface area (Å²) in [6.45, 7) is 0. The maximum atomic E-state index is 12.4. The van der Waals surface area contributed by atoms with Crippen molar-refractivity contribution < 1.29 is 30.7 Å². The molecule has 1 N–H and O–H groups in total. The number of fused-ring (bicyclic) bond motifs is 1. The van der Waals surface area contributed by atoms with E-state index in [1.165, 1.54) is 24.3 Å². The molecule has 0 aliphatic heterocycles. The highest BCUT2D eigenvalue weighted by molar-refractivity contribution is 7.92. The zero-order chi connectivity index (χ0) is 18.9. The van der Waals surface area contributed by atoms with Gasteiger partial charge in [0, 0.05) is 17.1 Å². The number of sulfonamides is 1. The van der Waals surface area contributed by atoms with Crippen LogP contribution in [0.2, 0.25) is 0 Å². The Labute approximate surface area is 144 Å². The zero-order valence-corrected chi connectivity index (χ0v) is 13.6. The molecule has 1 aromatic heterocycles. The summed E-state index contributed by atoms with van der Waals surface area (Å²) in [6, 6.07) is 10.7. The monoisotopic (exact) mass is 385 g/mol. The molecule has 0 bridgehead atoms. The van der Waals surface area contributed by atoms with E-state index in [0.717, 1.165) is 30.3 Å². The Kier molecular flexibility index (Phi) is 4.36. The fourth-order valence-electron chi connectivity index (χ4n) is 2.16. The van der Waals surface area contributed by atoms with Crippen molar-refractivity contribution in [1.82, 2.24) is 0 Å². The number of anilines is 1. The number of benzene rings is 2. The number of alkyl halides is 3. The number of rotatable bonds is 4. The van der Waals surface area contributed by atoms with Crippen LogP contribution in [0.5, 0.6) is 5.75 Å². The molecule has 0 spiro atoms. The second-order valence-electron chi connectivity index (χ2n) is 5.13. The van der Waals surface area contributed by atoms with Crippen molar-refractivity contribution in [1.29, 1.82) is 0 Å². The van der Waals surface area contributed by atoms with Crippen molar-refractivity contribution in [2.45, 2.75) is 11.3 Å². The average Bonchev–Trinajstić information content (AvgIpc) is 2.54. The quantitative estimate of drug-likeness (QED) is 0.695. The van der Waals surface area contributed by atoms with Gasteiger partial charge in [-0.1, -0.05) is 0 Å². The smallest absolute Gasteiger partial charge is 0.423 e. The molecule has 0 unspecified atom stereocenters. The van der Waals surface area contributed by atoms with Crippen LogP contribution >= 0.6 is 0 Å². The second kappa shape index (κ2) is 6.37. The molecule has 0 saturated carbocycles. The fraction of sp³-hybridized carbons (Fsp3) is 0.0625. The minimum Gasteiger partial charge on any atom is -0.423 e. The molecule has 2 aromatic carbocycles. The molecule has 0 saturated heterocycles. The lowest BCUT2D eigenvalue weighted by Gasteiger charge is -2.11. The first-order chi connectivity index (χ1) is 12.1. The molecule has 0 aliphatic rings. The molecule has 10 heteroatoms. The van der Waals surface area contributed by atoms with Crippen LogP contribution < -0.4 is 15.1 Å². The first kappa shape index (κ1) is 17.8. The number of hydrogen-bond donors (Lipinski definition) is 1. The molecule has 0 amide bonds. The lowest BCUT2D eigenvalue weighted by atomic mass is 10.2. The molecule has 3 aromatic rings. The second-order valence-corrected chi connectivity index (χ2v) is 6.81. The van der Waals surface area contributed by atoms with Crippen molar-refractivity contribution in [3.63, 3.8) is 0 Å². The lowest BCUT2D eigenvalue weighted by Crippen LogP contribution is -2.17. The van der Waals surface area contributed by atoms with Crippen molar-refractivity contribution in [3.05, 3.63) is 65.0 Å². The van der Waals surface area contributed by atoms with Gasteiger partial charge in [0.05, 0.1) is 4.90 Å². The lowest BCUT2D eigenvalue weighted by molar-refractivity contribution is -0.274. The van der Waals surface area contributed by atoms with Crippen molar-refractivity contribution in [3.8, 4) is 5.75 Å². The summed E-state index contributed by atoms with van der Waals surface area (Å²) in [4.78, 5) is 11.0. The molecule has 26 heavy (non-hydrogen) atoms. The van der Waals surface area contributed by atoms with E-state index in [1.807, 2.05) is 0 Å². The number of nitrogens with one attached hydrogen (secondary N) is 1. The summed E-state index contributed by atoms with van der Waals surface area (Å²) in [7, 11) is -4.00. The van der Waals surface area contributed by atoms with E-state index in [1.54, 1.807) is 0 Å². The Morgan fingerprint density at radius 2 is 1.65 bits per heavy atom. The van der Waals surface area contributed by atoms with Gasteiger partial charge < -0.3 is 9.15 Å². The van der Waals surface area contributed by atoms with Gasteiger partial charge in [0.15, 0.2) is 0 Å². The van der Waals surface area contributed by atoms with Gasteiger partial charge in [-0.2, -0.15) is 0 Å². The molecule has 1 heterocycles. The van der Waals surface area contributed by atoms with Crippen molar-refractivity contribution in [2.75, 3.05) is 4.72 Å². The minimum absolute atomic E-state index is 0.0548. The SMILES string of the molecule is O=c1ccc2cc(S(=O)(=O)Nc3ccc(OC(F)(F)F)cc3)ccc2o1. The van der Waals surface area contributed by atoms with E-state index in [0.29, 0.717) is 5.39 Å². The number of halogens is 3. The van der Waals surface area contributed by atoms with Crippen molar-refractivity contribution >= 4 is 26.7 Å². The van der Waals surface area contributed by atoms with Gasteiger partial charge in [-0.3, -0.25) is 4.72 Å². The minimum atomic E-state index is -4.83. The Bertz CT molecular complexity index is 1110. The molecule has 0 radical (unpaired) electrons. The highest BCUT2D eigenvalue weighted by atomic mass is 32.2. The van der Waals surface area contributed by atoms with Gasteiger partial charge >= 0.3 is 12.0 Å². The van der Waals surface area contributed by atoms with Gasteiger partial charge in [-0.25, -0.2) is 13.2 Å². The largest absolute Gasteiger partial charge is 0.573 e. The predicted molar refractivity (Wildman–Crippen MR) is 86.4 cm³/mol. The Balaban J connectivity index is 1.84. The first-order valence-electron chi connectivity index (χ1n) is 7.05. The van der Waals surface area contributed by atoms with E-state index in [2.05, 4.69) is 9.46 Å². The fourth-order valence-corrected chi connectivity index (χ4v) is 3.25. The third-order valence-corrected chi connectivity index (χ3v) is 4.62. The number of hydrogen-bond acceptors (Lipinski definition) is 5. The van der Waals surface area contributed by atoms with Crippen LogP contribution in [0.25, 0.3) is 11.0 Å². The van der Waals surface area contributed by atoms with E-state index in [-0.39, 0.29) is 16.2 Å². The molecular weight excluding hydrogens is 375 g/mol. The average molecular weight is 385 g/mol.